The summed E-state index contributed by atoms with van der Waals surface area (Å²) in [5, 5.41) is 9.36. The first-order valence-corrected chi connectivity index (χ1v) is 16.0. The number of methoxy groups -OCH3 is 1. The van der Waals surface area contributed by atoms with Crippen molar-refractivity contribution < 1.29 is 23.4 Å². The van der Waals surface area contributed by atoms with Gasteiger partial charge >= 0.3 is 5.69 Å². The van der Waals surface area contributed by atoms with Crippen molar-refractivity contribution in [2.24, 2.45) is 0 Å². The van der Waals surface area contributed by atoms with Crippen LogP contribution in [0.1, 0.15) is 56.8 Å². The molecule has 0 aliphatic carbocycles. The normalized spacial score (nSPS) is 16.9. The topological polar surface area (TPSA) is 123 Å². The van der Waals surface area contributed by atoms with Crippen molar-refractivity contribution in [3.05, 3.63) is 68.4 Å². The first-order valence-electron chi connectivity index (χ1n) is 15.1. The summed E-state index contributed by atoms with van der Waals surface area (Å²) in [6.45, 7) is 7.09. The third-order valence-electron chi connectivity index (χ3n) is 8.68. The van der Waals surface area contributed by atoms with Gasteiger partial charge in [0.15, 0.2) is 0 Å². The number of fused-ring (bicyclic) bond motifs is 1. The maximum absolute atomic E-state index is 14.7. The summed E-state index contributed by atoms with van der Waals surface area (Å²) in [6, 6.07) is 4.18. The molecule has 14 heteroatoms. The molecule has 1 amide bonds. The van der Waals surface area contributed by atoms with Gasteiger partial charge in [-0.3, -0.25) is 14.2 Å². The van der Waals surface area contributed by atoms with E-state index in [0.717, 1.165) is 17.4 Å². The number of thiophene rings is 1. The van der Waals surface area contributed by atoms with Crippen LogP contribution < -0.4 is 16.0 Å². The van der Waals surface area contributed by atoms with E-state index >= 15 is 0 Å². The highest BCUT2D eigenvalue weighted by molar-refractivity contribution is 7.21. The Balaban J connectivity index is 1.57. The van der Waals surface area contributed by atoms with Crippen LogP contribution in [0, 0.1) is 12.7 Å². The van der Waals surface area contributed by atoms with Crippen molar-refractivity contribution in [2.75, 3.05) is 33.4 Å². The molecule has 1 unspecified atom stereocenters. The molecular weight excluding hydrogens is 603 g/mol. The average Bonchev–Trinajstić information content (AvgIpc) is 3.81. The van der Waals surface area contributed by atoms with Gasteiger partial charge in [-0.25, -0.2) is 13.8 Å². The molecule has 0 N–H and O–H groups in total. The number of hydrogen-bond donors (Lipinski definition) is 0. The maximum atomic E-state index is 14.7. The molecule has 0 spiro atoms. The second-order valence-corrected chi connectivity index (χ2v) is 12.9. The van der Waals surface area contributed by atoms with Gasteiger partial charge in [-0.2, -0.15) is 10.2 Å². The van der Waals surface area contributed by atoms with Crippen molar-refractivity contribution in [2.45, 2.75) is 70.7 Å². The van der Waals surface area contributed by atoms with Gasteiger partial charge in [0.1, 0.15) is 33.0 Å². The summed E-state index contributed by atoms with van der Waals surface area (Å²) in [7, 11) is 1.49. The number of ether oxygens (including phenoxy) is 3. The van der Waals surface area contributed by atoms with Crippen molar-refractivity contribution in [1.29, 1.82) is 0 Å². The molecule has 240 valence electrons. The second-order valence-electron chi connectivity index (χ2n) is 11.9. The Morgan fingerprint density at radius 1 is 1.16 bits per heavy atom. The van der Waals surface area contributed by atoms with E-state index in [4.69, 9.17) is 14.2 Å². The number of amides is 1. The van der Waals surface area contributed by atoms with E-state index in [1.807, 2.05) is 0 Å². The lowest BCUT2D eigenvalue weighted by Gasteiger charge is -2.32. The molecule has 0 radical (unpaired) electrons. The van der Waals surface area contributed by atoms with Crippen molar-refractivity contribution >= 4 is 27.5 Å². The molecule has 1 aromatic carbocycles. The average molecular weight is 641 g/mol. The van der Waals surface area contributed by atoms with E-state index in [1.165, 1.54) is 58.4 Å². The fourth-order valence-electron chi connectivity index (χ4n) is 6.28. The van der Waals surface area contributed by atoms with Crippen LogP contribution in [0.2, 0.25) is 0 Å². The number of likely N-dealkylation sites (tertiary alicyclic amines) is 1. The molecule has 1 atom stereocenters. The Morgan fingerprint density at radius 2 is 1.84 bits per heavy atom. The molecule has 0 bridgehead atoms. The van der Waals surface area contributed by atoms with E-state index in [0.29, 0.717) is 65.9 Å². The number of halogens is 1. The smallest absolute Gasteiger partial charge is 0.333 e. The number of hydrogen-bond acceptors (Lipinski definition) is 9. The molecule has 3 aromatic heterocycles. The summed E-state index contributed by atoms with van der Waals surface area (Å²) in [5.41, 5.74) is -1.71. The minimum Gasteiger partial charge on any atom is -0.496 e. The van der Waals surface area contributed by atoms with Gasteiger partial charge in [0.2, 0.25) is 5.91 Å². The van der Waals surface area contributed by atoms with Crippen LogP contribution in [-0.4, -0.2) is 74.5 Å². The van der Waals surface area contributed by atoms with E-state index in [1.54, 1.807) is 25.7 Å². The SMILES string of the molecule is COc1ccc(F)cc1C(Cn1c(=O)n(C(C)(C)C(=O)N2CCCC2)c(=O)c2c(C)c(-n3nccn3)sc21)OC1CCOCC1. The van der Waals surface area contributed by atoms with Crippen molar-refractivity contribution in [3.8, 4) is 10.8 Å². The molecular formula is C31H37FN6O6S. The van der Waals surface area contributed by atoms with Gasteiger partial charge in [-0.05, 0) is 64.7 Å². The molecule has 2 saturated heterocycles. The highest BCUT2D eigenvalue weighted by Crippen LogP contribution is 2.35. The Hall–Kier alpha value is -3.88. The number of rotatable bonds is 9. The van der Waals surface area contributed by atoms with Gasteiger partial charge in [-0.15, -0.1) is 4.80 Å². The third kappa shape index (κ3) is 5.70. The zero-order valence-corrected chi connectivity index (χ0v) is 26.6. The highest BCUT2D eigenvalue weighted by Gasteiger charge is 2.39. The summed E-state index contributed by atoms with van der Waals surface area (Å²) >= 11 is 1.20. The van der Waals surface area contributed by atoms with Crippen LogP contribution in [0.4, 0.5) is 4.39 Å². The summed E-state index contributed by atoms with van der Waals surface area (Å²) in [5.74, 6) is -0.377. The minimum atomic E-state index is -1.49. The third-order valence-corrected chi connectivity index (χ3v) is 9.96. The lowest BCUT2D eigenvalue weighted by Crippen LogP contribution is -2.56. The summed E-state index contributed by atoms with van der Waals surface area (Å²) < 4.78 is 35.0. The van der Waals surface area contributed by atoms with Crippen LogP contribution in [-0.2, 0) is 26.4 Å². The van der Waals surface area contributed by atoms with Gasteiger partial charge < -0.3 is 19.1 Å². The Kier molecular flexibility index (Phi) is 8.63. The highest BCUT2D eigenvalue weighted by atomic mass is 32.1. The fourth-order valence-corrected chi connectivity index (χ4v) is 7.50. The Bertz CT molecular complexity index is 1820. The quantitative estimate of drug-likeness (QED) is 0.272. The van der Waals surface area contributed by atoms with E-state index < -0.39 is 28.7 Å². The largest absolute Gasteiger partial charge is 0.496 e. The predicted octanol–water partition coefficient (Wildman–Crippen LogP) is 3.56. The maximum Gasteiger partial charge on any atom is 0.333 e. The molecule has 6 rings (SSSR count). The zero-order valence-electron chi connectivity index (χ0n) is 25.8. The number of nitrogens with zero attached hydrogens (tertiary/aromatic N) is 6. The molecule has 2 aliphatic rings. The number of carbonyl (C=O) groups is 1. The first-order chi connectivity index (χ1) is 21.6. The van der Waals surface area contributed by atoms with Crippen LogP contribution in [0.5, 0.6) is 5.75 Å². The number of benzene rings is 1. The molecule has 2 aliphatic heterocycles. The number of aromatic nitrogens is 5. The van der Waals surface area contributed by atoms with Crippen LogP contribution in [0.25, 0.3) is 15.2 Å². The standard InChI is InChI=1S/C31H37FN6O6S/c1-19-25-26(39)37(31(2,3)29(40)35-13-5-6-14-35)30(41)36(28(25)45-27(19)38-33-11-12-34-38)18-24(44-21-9-15-43-16-10-21)22-17-20(32)7-8-23(22)42-4/h7-8,11-12,17,21,24H,5-6,9-10,13-16,18H2,1-4H3. The Labute approximate surface area is 262 Å². The number of aryl methyl sites for hydroxylation is 1. The first kappa shape index (κ1) is 31.1. The van der Waals surface area contributed by atoms with Gasteiger partial charge in [-0.1, -0.05) is 11.3 Å². The summed E-state index contributed by atoms with van der Waals surface area (Å²) in [4.78, 5) is 46.2. The second kappa shape index (κ2) is 12.5. The summed E-state index contributed by atoms with van der Waals surface area (Å²) in [6.07, 6.45) is 5.00. The van der Waals surface area contributed by atoms with Gasteiger partial charge in [0.05, 0.1) is 37.5 Å². The van der Waals surface area contributed by atoms with Crippen LogP contribution in [0.15, 0.2) is 40.2 Å². The minimum absolute atomic E-state index is 0.0767. The lowest BCUT2D eigenvalue weighted by atomic mass is 10.0. The van der Waals surface area contributed by atoms with Gasteiger partial charge in [0.25, 0.3) is 5.56 Å². The fraction of sp³-hybridized carbons (Fsp3) is 0.516. The Morgan fingerprint density at radius 3 is 2.51 bits per heavy atom. The van der Waals surface area contributed by atoms with Crippen LogP contribution >= 0.6 is 11.3 Å². The van der Waals surface area contributed by atoms with Gasteiger partial charge in [0, 0.05) is 37.4 Å². The molecule has 2 fully saturated rings. The van der Waals surface area contributed by atoms with E-state index in [9.17, 15) is 18.8 Å². The lowest BCUT2D eigenvalue weighted by molar-refractivity contribution is -0.138. The van der Waals surface area contributed by atoms with Crippen LogP contribution in [0.3, 0.4) is 0 Å². The van der Waals surface area contributed by atoms with E-state index in [2.05, 4.69) is 10.2 Å². The monoisotopic (exact) mass is 640 g/mol. The molecule has 5 heterocycles. The number of carbonyl (C=O) groups excluding carboxylic acids is 1. The zero-order chi connectivity index (χ0) is 31.9. The van der Waals surface area contributed by atoms with Crippen molar-refractivity contribution in [3.63, 3.8) is 0 Å². The van der Waals surface area contributed by atoms with Crippen molar-refractivity contribution in [1.82, 2.24) is 29.0 Å². The van der Waals surface area contributed by atoms with E-state index in [-0.39, 0.29) is 23.9 Å². The molecule has 0 saturated carbocycles. The molecule has 4 aromatic rings. The predicted molar refractivity (Wildman–Crippen MR) is 166 cm³/mol. The molecule has 45 heavy (non-hydrogen) atoms. The molecule has 12 nitrogen and oxygen atoms in total.